The summed E-state index contributed by atoms with van der Waals surface area (Å²) in [5.74, 6) is 0.786. The first-order chi connectivity index (χ1) is 12.2. The first kappa shape index (κ1) is 19.6. The second-order valence-electron chi connectivity index (χ2n) is 6.82. The Morgan fingerprint density at radius 2 is 1.48 bits per heavy atom. The van der Waals surface area contributed by atoms with E-state index in [-0.39, 0.29) is 0 Å². The van der Waals surface area contributed by atoms with Gasteiger partial charge in [-0.1, -0.05) is 57.4 Å². The van der Waals surface area contributed by atoms with E-state index < -0.39 is 6.17 Å². The zero-order valence-corrected chi connectivity index (χ0v) is 15.7. The maximum absolute atomic E-state index is 13.2. The van der Waals surface area contributed by atoms with Gasteiger partial charge in [0.25, 0.3) is 0 Å². The number of aromatic nitrogens is 2. The van der Waals surface area contributed by atoms with Gasteiger partial charge in [0.05, 0.1) is 6.17 Å². The van der Waals surface area contributed by atoms with Gasteiger partial charge in [-0.3, -0.25) is 0 Å². The lowest BCUT2D eigenvalue weighted by molar-refractivity contribution is 0.297. The molecule has 0 bridgehead atoms. The fourth-order valence-corrected chi connectivity index (χ4v) is 2.93. The van der Waals surface area contributed by atoms with Crippen LogP contribution in [0.5, 0.6) is 0 Å². The zero-order valence-electron chi connectivity index (χ0n) is 15.7. The molecule has 136 valence electrons. The van der Waals surface area contributed by atoms with Crippen molar-refractivity contribution in [1.29, 1.82) is 0 Å². The lowest BCUT2D eigenvalue weighted by Crippen LogP contribution is -1.97. The Labute approximate surface area is 151 Å². The highest BCUT2D eigenvalue weighted by atomic mass is 19.1. The molecule has 0 fully saturated rings. The van der Waals surface area contributed by atoms with Gasteiger partial charge >= 0.3 is 0 Å². The Bertz CT molecular complexity index is 592. The molecule has 0 radical (unpaired) electrons. The summed E-state index contributed by atoms with van der Waals surface area (Å²) in [5, 5.41) is 0. The Balaban J connectivity index is 1.82. The summed E-state index contributed by atoms with van der Waals surface area (Å²) in [7, 11) is 0. The second-order valence-corrected chi connectivity index (χ2v) is 6.82. The van der Waals surface area contributed by atoms with E-state index in [1.54, 1.807) is 0 Å². The van der Waals surface area contributed by atoms with Crippen LogP contribution in [0.4, 0.5) is 4.39 Å². The monoisotopic (exact) mass is 342 g/mol. The molecule has 0 aliphatic rings. The topological polar surface area (TPSA) is 25.8 Å². The van der Waals surface area contributed by atoms with E-state index in [1.807, 2.05) is 19.3 Å². The molecule has 1 heterocycles. The van der Waals surface area contributed by atoms with Crippen LogP contribution in [-0.2, 0) is 12.8 Å². The van der Waals surface area contributed by atoms with E-state index in [0.717, 1.165) is 37.1 Å². The Morgan fingerprint density at radius 1 is 0.840 bits per heavy atom. The number of unbranched alkanes of at least 4 members (excludes halogenated alkanes) is 3. The van der Waals surface area contributed by atoms with Crippen LogP contribution >= 0.6 is 0 Å². The smallest absolute Gasteiger partial charge is 0.159 e. The molecule has 2 nitrogen and oxygen atoms in total. The van der Waals surface area contributed by atoms with Crippen LogP contribution in [0.2, 0.25) is 0 Å². The van der Waals surface area contributed by atoms with Crippen molar-refractivity contribution >= 4 is 0 Å². The molecule has 0 amide bonds. The van der Waals surface area contributed by atoms with E-state index >= 15 is 0 Å². The number of hydrogen-bond donors (Lipinski definition) is 0. The van der Waals surface area contributed by atoms with Crippen LogP contribution < -0.4 is 0 Å². The average Bonchev–Trinajstić information content (AvgIpc) is 2.66. The van der Waals surface area contributed by atoms with Crippen molar-refractivity contribution in [2.24, 2.45) is 0 Å². The fraction of sp³-hybridized carbons (Fsp3) is 0.545. The third kappa shape index (κ3) is 6.93. The molecule has 0 aliphatic carbocycles. The first-order valence-corrected chi connectivity index (χ1v) is 9.77. The van der Waals surface area contributed by atoms with Gasteiger partial charge < -0.3 is 0 Å². The van der Waals surface area contributed by atoms with Crippen LogP contribution in [0, 0.1) is 0 Å². The summed E-state index contributed by atoms with van der Waals surface area (Å²) in [6, 6.07) is 8.46. The van der Waals surface area contributed by atoms with Crippen molar-refractivity contribution in [3.05, 3.63) is 47.8 Å². The molecule has 3 heteroatoms. The molecular weight excluding hydrogens is 311 g/mol. The third-order valence-electron chi connectivity index (χ3n) is 4.66. The van der Waals surface area contributed by atoms with Crippen LogP contribution in [0.15, 0.2) is 36.7 Å². The van der Waals surface area contributed by atoms with E-state index in [2.05, 4.69) is 41.2 Å². The summed E-state index contributed by atoms with van der Waals surface area (Å²) in [5.41, 5.74) is 3.57. The molecule has 2 aromatic rings. The van der Waals surface area contributed by atoms with Crippen molar-refractivity contribution in [2.45, 2.75) is 77.8 Å². The van der Waals surface area contributed by atoms with Gasteiger partial charge in [-0.25, -0.2) is 14.4 Å². The van der Waals surface area contributed by atoms with Crippen LogP contribution in [0.1, 0.15) is 69.9 Å². The lowest BCUT2D eigenvalue weighted by atomic mass is 10.0. The van der Waals surface area contributed by atoms with E-state index in [0.29, 0.717) is 12.8 Å². The number of halogens is 1. The van der Waals surface area contributed by atoms with Gasteiger partial charge in [0.15, 0.2) is 5.82 Å². The third-order valence-corrected chi connectivity index (χ3v) is 4.66. The van der Waals surface area contributed by atoms with Crippen LogP contribution in [-0.4, -0.2) is 16.1 Å². The van der Waals surface area contributed by atoms with E-state index in [9.17, 15) is 4.39 Å². The summed E-state index contributed by atoms with van der Waals surface area (Å²) < 4.78 is 13.2. The van der Waals surface area contributed by atoms with Crippen molar-refractivity contribution in [3.8, 4) is 11.4 Å². The Kier molecular flexibility index (Phi) is 8.58. The quantitative estimate of drug-likeness (QED) is 0.445. The number of benzene rings is 1. The van der Waals surface area contributed by atoms with Crippen LogP contribution in [0.3, 0.4) is 0 Å². The molecular formula is C22H31FN2. The minimum Gasteiger partial charge on any atom is -0.248 e. The lowest BCUT2D eigenvalue weighted by Gasteiger charge is -2.06. The Hall–Kier alpha value is -1.77. The number of hydrogen-bond acceptors (Lipinski definition) is 2. The SMILES string of the molecule is CCCCCc1cnc(-c2ccc(CCCCC(F)CC)cc2)nc1. The van der Waals surface area contributed by atoms with Gasteiger partial charge in [-0.05, 0) is 49.7 Å². The minimum absolute atomic E-state index is 0.631. The second kappa shape index (κ2) is 11.0. The Morgan fingerprint density at radius 3 is 2.12 bits per heavy atom. The van der Waals surface area contributed by atoms with Crippen LogP contribution in [0.25, 0.3) is 11.4 Å². The largest absolute Gasteiger partial charge is 0.248 e. The standard InChI is InChI=1S/C22H31FN2/c1-3-5-6-10-19-16-24-22(25-17-19)20-14-12-18(13-15-20)9-7-8-11-21(23)4-2/h12-17,21H,3-11H2,1-2H3. The normalized spacial score (nSPS) is 12.3. The van der Waals surface area contributed by atoms with E-state index in [4.69, 9.17) is 0 Å². The van der Waals surface area contributed by atoms with Crippen molar-refractivity contribution in [2.75, 3.05) is 0 Å². The first-order valence-electron chi connectivity index (χ1n) is 9.77. The van der Waals surface area contributed by atoms with Gasteiger partial charge in [0.1, 0.15) is 0 Å². The van der Waals surface area contributed by atoms with Gasteiger partial charge in [-0.2, -0.15) is 0 Å². The van der Waals surface area contributed by atoms with E-state index in [1.165, 1.54) is 30.4 Å². The van der Waals surface area contributed by atoms with Crippen molar-refractivity contribution < 1.29 is 4.39 Å². The summed E-state index contributed by atoms with van der Waals surface area (Å²) in [6.45, 7) is 4.12. The van der Waals surface area contributed by atoms with Crippen molar-refractivity contribution in [1.82, 2.24) is 9.97 Å². The molecule has 1 aromatic heterocycles. The average molecular weight is 343 g/mol. The maximum Gasteiger partial charge on any atom is 0.159 e. The fourth-order valence-electron chi connectivity index (χ4n) is 2.93. The predicted molar refractivity (Wildman–Crippen MR) is 103 cm³/mol. The highest BCUT2D eigenvalue weighted by Gasteiger charge is 2.04. The summed E-state index contributed by atoms with van der Waals surface area (Å²) in [6.07, 6.45) is 12.4. The molecule has 0 saturated carbocycles. The molecule has 1 aromatic carbocycles. The number of rotatable bonds is 11. The highest BCUT2D eigenvalue weighted by molar-refractivity contribution is 5.55. The molecule has 2 rings (SSSR count). The molecule has 1 unspecified atom stereocenters. The minimum atomic E-state index is -0.635. The summed E-state index contributed by atoms with van der Waals surface area (Å²) in [4.78, 5) is 9.02. The molecule has 25 heavy (non-hydrogen) atoms. The highest BCUT2D eigenvalue weighted by Crippen LogP contribution is 2.18. The molecule has 1 atom stereocenters. The molecule has 0 N–H and O–H groups in total. The van der Waals surface area contributed by atoms with Gasteiger partial charge in [0.2, 0.25) is 0 Å². The zero-order chi connectivity index (χ0) is 17.9. The number of nitrogens with zero attached hydrogens (tertiary/aromatic N) is 2. The summed E-state index contributed by atoms with van der Waals surface area (Å²) >= 11 is 0. The molecule has 0 saturated heterocycles. The maximum atomic E-state index is 13.2. The van der Waals surface area contributed by atoms with Crippen molar-refractivity contribution in [3.63, 3.8) is 0 Å². The van der Waals surface area contributed by atoms with Gasteiger partial charge in [-0.15, -0.1) is 0 Å². The molecule has 0 aliphatic heterocycles. The van der Waals surface area contributed by atoms with Gasteiger partial charge in [0, 0.05) is 18.0 Å². The number of alkyl halides is 1. The predicted octanol–water partition coefficient (Wildman–Crippen LogP) is 6.34. The number of aryl methyl sites for hydroxylation is 2. The molecule has 0 spiro atoms.